The van der Waals surface area contributed by atoms with Gasteiger partial charge in [0.2, 0.25) is 0 Å². The van der Waals surface area contributed by atoms with Crippen molar-refractivity contribution in [3.63, 3.8) is 0 Å². The predicted octanol–water partition coefficient (Wildman–Crippen LogP) is 6.25. The van der Waals surface area contributed by atoms with Gasteiger partial charge in [-0.25, -0.2) is 9.97 Å². The molecule has 0 atom stereocenters. The van der Waals surface area contributed by atoms with Crippen molar-refractivity contribution in [1.82, 2.24) is 14.9 Å². The lowest BCUT2D eigenvalue weighted by Gasteiger charge is -2.36. The minimum atomic E-state index is 0.0654. The van der Waals surface area contributed by atoms with Gasteiger partial charge in [-0.3, -0.25) is 4.79 Å². The molecule has 1 saturated heterocycles. The molecule has 1 amide bonds. The highest BCUT2D eigenvalue weighted by molar-refractivity contribution is 5.95. The summed E-state index contributed by atoms with van der Waals surface area (Å²) in [5, 5.41) is 0. The summed E-state index contributed by atoms with van der Waals surface area (Å²) in [6.45, 7) is 5.52. The fourth-order valence-electron chi connectivity index (χ4n) is 5.39. The van der Waals surface area contributed by atoms with Gasteiger partial charge in [-0.2, -0.15) is 0 Å². The number of hydrogen-bond donors (Lipinski definition) is 0. The van der Waals surface area contributed by atoms with Crippen molar-refractivity contribution in [3.8, 4) is 22.5 Å². The van der Waals surface area contributed by atoms with Crippen LogP contribution in [0.2, 0.25) is 0 Å². The number of nitrogens with zero attached hydrogens (tertiary/aromatic N) is 4. The summed E-state index contributed by atoms with van der Waals surface area (Å²) in [4.78, 5) is 28.0. The molecule has 4 aromatic rings. The normalized spacial score (nSPS) is 15.9. The highest BCUT2D eigenvalue weighted by Crippen LogP contribution is 2.32. The van der Waals surface area contributed by atoms with Gasteiger partial charge >= 0.3 is 0 Å². The van der Waals surface area contributed by atoms with Crippen LogP contribution in [0.4, 0.5) is 5.82 Å². The molecule has 5 heteroatoms. The van der Waals surface area contributed by atoms with Gasteiger partial charge in [0.05, 0.1) is 12.2 Å². The maximum absolute atomic E-state index is 13.5. The predicted molar refractivity (Wildman–Crippen MR) is 148 cm³/mol. The maximum atomic E-state index is 13.5. The quantitative estimate of drug-likeness (QED) is 0.341. The van der Waals surface area contributed by atoms with E-state index in [4.69, 9.17) is 9.97 Å². The number of piperidine rings is 1. The average molecular weight is 489 g/mol. The first kappa shape index (κ1) is 23.4. The van der Waals surface area contributed by atoms with Gasteiger partial charge in [-0.15, -0.1) is 0 Å². The summed E-state index contributed by atoms with van der Waals surface area (Å²) in [6, 6.07) is 28.4. The van der Waals surface area contributed by atoms with E-state index in [0.717, 1.165) is 83.4 Å². The van der Waals surface area contributed by atoms with Crippen LogP contribution in [0.3, 0.4) is 0 Å². The Morgan fingerprint density at radius 3 is 2.05 bits per heavy atom. The van der Waals surface area contributed by atoms with E-state index in [9.17, 15) is 4.79 Å². The molecule has 186 valence electrons. The smallest absolute Gasteiger partial charge is 0.254 e. The summed E-state index contributed by atoms with van der Waals surface area (Å²) < 4.78 is 0. The second-order valence-electron chi connectivity index (χ2n) is 10.3. The molecule has 2 aliphatic rings. The molecule has 0 N–H and O–H groups in total. The molecule has 6 rings (SSSR count). The van der Waals surface area contributed by atoms with E-state index in [1.165, 1.54) is 0 Å². The summed E-state index contributed by atoms with van der Waals surface area (Å²) in [6.07, 6.45) is 3.06. The van der Waals surface area contributed by atoms with Crippen LogP contribution < -0.4 is 4.90 Å². The Hall–Kier alpha value is -3.99. The Labute approximate surface area is 218 Å². The molecule has 0 radical (unpaired) electrons. The zero-order valence-electron chi connectivity index (χ0n) is 21.3. The van der Waals surface area contributed by atoms with Crippen LogP contribution in [-0.2, 0) is 13.0 Å². The van der Waals surface area contributed by atoms with Gasteiger partial charge < -0.3 is 9.80 Å². The fraction of sp³-hybridized carbons (Fsp3) is 0.281. The zero-order chi connectivity index (χ0) is 25.2. The number of benzene rings is 3. The van der Waals surface area contributed by atoms with Gasteiger partial charge in [0, 0.05) is 42.7 Å². The largest absolute Gasteiger partial charge is 0.356 e. The number of rotatable bonds is 4. The fourth-order valence-corrected chi connectivity index (χ4v) is 5.39. The van der Waals surface area contributed by atoms with Crippen LogP contribution in [0.25, 0.3) is 22.5 Å². The molecule has 3 heterocycles. The zero-order valence-corrected chi connectivity index (χ0v) is 21.3. The third kappa shape index (κ3) is 4.86. The van der Waals surface area contributed by atoms with E-state index >= 15 is 0 Å². The second kappa shape index (κ2) is 10.2. The first-order chi connectivity index (χ1) is 18.2. The van der Waals surface area contributed by atoms with E-state index < -0.39 is 0 Å². The van der Waals surface area contributed by atoms with Gasteiger partial charge in [-0.1, -0.05) is 79.7 Å². The van der Waals surface area contributed by atoms with Crippen LogP contribution >= 0.6 is 0 Å². The molecule has 0 bridgehead atoms. The molecule has 2 aliphatic heterocycles. The lowest BCUT2D eigenvalue weighted by atomic mass is 9.97. The molecule has 0 unspecified atom stereocenters. The third-order valence-electron chi connectivity index (χ3n) is 7.68. The molecule has 1 fully saturated rings. The van der Waals surface area contributed by atoms with Crippen LogP contribution in [0.15, 0.2) is 84.9 Å². The molecule has 5 nitrogen and oxygen atoms in total. The van der Waals surface area contributed by atoms with Gasteiger partial charge in [0.1, 0.15) is 5.82 Å². The summed E-state index contributed by atoms with van der Waals surface area (Å²) in [5.41, 5.74) is 6.21. The molecule has 0 aliphatic carbocycles. The van der Waals surface area contributed by atoms with Gasteiger partial charge in [0.15, 0.2) is 5.82 Å². The third-order valence-corrected chi connectivity index (χ3v) is 7.68. The van der Waals surface area contributed by atoms with E-state index in [0.29, 0.717) is 13.1 Å². The van der Waals surface area contributed by atoms with Gasteiger partial charge in [-0.05, 0) is 42.0 Å². The van der Waals surface area contributed by atoms with E-state index in [-0.39, 0.29) is 5.91 Å². The average Bonchev–Trinajstić information content (AvgIpc) is 2.97. The number of aromatic nitrogens is 2. The van der Waals surface area contributed by atoms with Crippen LogP contribution in [0.1, 0.15) is 41.4 Å². The highest BCUT2D eigenvalue weighted by atomic mass is 16.2. The Balaban J connectivity index is 1.29. The number of carbonyl (C=O) groups is 1. The standard InChI is InChI=1S/C32H32N4O/c1-23-16-19-35(20-17-23)31-28-22-36(21-18-29(28)33-30(34-31)26-10-6-3-7-11-26)32(37)27-14-12-25(13-15-27)24-8-4-2-5-9-24/h2-15,23H,16-22H2,1H3. The number of hydrogen-bond acceptors (Lipinski definition) is 4. The van der Waals surface area contributed by atoms with Crippen molar-refractivity contribution in [1.29, 1.82) is 0 Å². The molecule has 3 aromatic carbocycles. The van der Waals surface area contributed by atoms with Crippen LogP contribution in [0.5, 0.6) is 0 Å². The Bertz CT molecular complexity index is 1380. The number of fused-ring (bicyclic) bond motifs is 1. The van der Waals surface area contributed by atoms with Crippen LogP contribution in [-0.4, -0.2) is 40.4 Å². The Morgan fingerprint density at radius 2 is 1.38 bits per heavy atom. The maximum Gasteiger partial charge on any atom is 0.254 e. The van der Waals surface area contributed by atoms with E-state index in [2.05, 4.69) is 36.1 Å². The summed E-state index contributed by atoms with van der Waals surface area (Å²) in [7, 11) is 0. The molecule has 0 saturated carbocycles. The first-order valence-corrected chi connectivity index (χ1v) is 13.3. The van der Waals surface area contributed by atoms with Crippen molar-refractivity contribution >= 4 is 11.7 Å². The highest BCUT2D eigenvalue weighted by Gasteiger charge is 2.29. The van der Waals surface area contributed by atoms with E-state index in [1.807, 2.05) is 65.6 Å². The number of carbonyl (C=O) groups excluding carboxylic acids is 1. The van der Waals surface area contributed by atoms with E-state index in [1.54, 1.807) is 0 Å². The van der Waals surface area contributed by atoms with Crippen LogP contribution in [0, 0.1) is 5.92 Å². The molecular weight excluding hydrogens is 456 g/mol. The van der Waals surface area contributed by atoms with Gasteiger partial charge in [0.25, 0.3) is 5.91 Å². The second-order valence-corrected chi connectivity index (χ2v) is 10.3. The molecule has 0 spiro atoms. The van der Waals surface area contributed by atoms with Crippen molar-refractivity contribution < 1.29 is 4.79 Å². The Kier molecular flexibility index (Phi) is 6.44. The van der Waals surface area contributed by atoms with Crippen molar-refractivity contribution in [2.45, 2.75) is 32.7 Å². The monoisotopic (exact) mass is 488 g/mol. The first-order valence-electron chi connectivity index (χ1n) is 13.3. The molecule has 37 heavy (non-hydrogen) atoms. The Morgan fingerprint density at radius 1 is 0.757 bits per heavy atom. The minimum Gasteiger partial charge on any atom is -0.356 e. The summed E-state index contributed by atoms with van der Waals surface area (Å²) >= 11 is 0. The minimum absolute atomic E-state index is 0.0654. The van der Waals surface area contributed by atoms with Crippen molar-refractivity contribution in [2.75, 3.05) is 24.5 Å². The molecular formula is C32H32N4O. The topological polar surface area (TPSA) is 49.3 Å². The molecule has 1 aromatic heterocycles. The number of amides is 1. The lowest BCUT2D eigenvalue weighted by Crippen LogP contribution is -2.40. The lowest BCUT2D eigenvalue weighted by molar-refractivity contribution is 0.0733. The SMILES string of the molecule is CC1CCN(c2nc(-c3ccccc3)nc3c2CN(C(=O)c2ccc(-c4ccccc4)cc2)CC3)CC1. The van der Waals surface area contributed by atoms with Crippen molar-refractivity contribution in [2.24, 2.45) is 5.92 Å². The summed E-state index contributed by atoms with van der Waals surface area (Å²) in [5.74, 6) is 2.59. The number of anilines is 1. The van der Waals surface area contributed by atoms with Crippen molar-refractivity contribution in [3.05, 3.63) is 102 Å².